The fraction of sp³-hybridized carbons (Fsp3) is 0.423. The van der Waals surface area contributed by atoms with Gasteiger partial charge in [-0.05, 0) is 36.6 Å². The normalized spacial score (nSPS) is 21.5. The van der Waals surface area contributed by atoms with E-state index in [0.717, 1.165) is 29.6 Å². The van der Waals surface area contributed by atoms with Crippen molar-refractivity contribution in [1.82, 2.24) is 14.5 Å². The highest BCUT2D eigenvalue weighted by Gasteiger charge is 2.45. The standard InChI is InChI=1S/C26H26FN3O5/c1-3-26(34)19-5-22-23-17(10-30(22)24(32)18(19)12-35-25(26)33)16(9-29-7-14(8-29)11-31)15-4-13(2)20(27)6-21(15)28-23/h4-6,14,31,34H,3,7-12H2,1-2H3/t26-/m0/s1. The second-order valence-corrected chi connectivity index (χ2v) is 9.88. The molecule has 0 spiro atoms. The molecule has 1 saturated heterocycles. The average molecular weight is 480 g/mol. The molecule has 0 amide bonds. The number of ether oxygens (including phenoxy) is 1. The number of hydrogen-bond donors (Lipinski definition) is 2. The number of carbonyl (C=O) groups is 1. The van der Waals surface area contributed by atoms with Crippen LogP contribution in [0.3, 0.4) is 0 Å². The summed E-state index contributed by atoms with van der Waals surface area (Å²) in [5.41, 5.74) is 2.24. The zero-order valence-corrected chi connectivity index (χ0v) is 19.6. The van der Waals surface area contributed by atoms with Crippen LogP contribution in [0.25, 0.3) is 22.3 Å². The summed E-state index contributed by atoms with van der Waals surface area (Å²) in [6, 6.07) is 4.89. The molecule has 3 aromatic rings. The number of benzene rings is 1. The number of halogens is 1. The van der Waals surface area contributed by atoms with Crippen molar-refractivity contribution in [2.45, 2.75) is 45.6 Å². The highest BCUT2D eigenvalue weighted by Crippen LogP contribution is 2.41. The highest BCUT2D eigenvalue weighted by atomic mass is 19.1. The van der Waals surface area contributed by atoms with Crippen molar-refractivity contribution in [1.29, 1.82) is 0 Å². The molecule has 9 heteroatoms. The van der Waals surface area contributed by atoms with Crippen LogP contribution < -0.4 is 5.56 Å². The number of rotatable bonds is 4. The SMILES string of the molecule is CC[C@@]1(O)C(=O)OCc2c1cc1n(c2=O)Cc2c-1nc1cc(F)c(C)cc1c2CN1CC(CO)C1. The minimum atomic E-state index is -1.90. The predicted octanol–water partition coefficient (Wildman–Crippen LogP) is 1.95. The van der Waals surface area contributed by atoms with Crippen LogP contribution in [0.15, 0.2) is 23.0 Å². The van der Waals surface area contributed by atoms with E-state index in [0.29, 0.717) is 35.6 Å². The van der Waals surface area contributed by atoms with Gasteiger partial charge in [-0.1, -0.05) is 6.92 Å². The second-order valence-electron chi connectivity index (χ2n) is 9.88. The first-order valence-electron chi connectivity index (χ1n) is 11.9. The molecule has 2 N–H and O–H groups in total. The lowest BCUT2D eigenvalue weighted by Gasteiger charge is -2.38. The van der Waals surface area contributed by atoms with Crippen molar-refractivity contribution in [3.05, 3.63) is 62.2 Å². The van der Waals surface area contributed by atoms with Crippen LogP contribution in [0, 0.1) is 18.7 Å². The van der Waals surface area contributed by atoms with Gasteiger partial charge >= 0.3 is 5.97 Å². The summed E-state index contributed by atoms with van der Waals surface area (Å²) >= 11 is 0. The molecule has 2 aromatic heterocycles. The summed E-state index contributed by atoms with van der Waals surface area (Å²) < 4.78 is 21.3. The average Bonchev–Trinajstić information content (AvgIpc) is 3.18. The molecule has 6 rings (SSSR count). The fourth-order valence-corrected chi connectivity index (χ4v) is 5.62. The van der Waals surface area contributed by atoms with E-state index >= 15 is 0 Å². The topological polar surface area (TPSA) is 105 Å². The number of cyclic esters (lactones) is 1. The Bertz CT molecular complexity index is 1480. The van der Waals surface area contributed by atoms with Crippen LogP contribution in [0.5, 0.6) is 0 Å². The van der Waals surface area contributed by atoms with Crippen molar-refractivity contribution in [2.24, 2.45) is 5.92 Å². The van der Waals surface area contributed by atoms with E-state index < -0.39 is 11.6 Å². The molecule has 1 fully saturated rings. The van der Waals surface area contributed by atoms with Gasteiger partial charge in [-0.25, -0.2) is 14.2 Å². The molecule has 0 saturated carbocycles. The zero-order chi connectivity index (χ0) is 24.6. The smallest absolute Gasteiger partial charge is 0.343 e. The molecule has 0 bridgehead atoms. The predicted molar refractivity (Wildman–Crippen MR) is 125 cm³/mol. The third-order valence-electron chi connectivity index (χ3n) is 7.76. The first-order chi connectivity index (χ1) is 16.7. The van der Waals surface area contributed by atoms with Crippen molar-refractivity contribution >= 4 is 16.9 Å². The lowest BCUT2D eigenvalue weighted by molar-refractivity contribution is -0.172. The second kappa shape index (κ2) is 7.68. The lowest BCUT2D eigenvalue weighted by Crippen LogP contribution is -2.47. The van der Waals surface area contributed by atoms with Crippen LogP contribution in [0.2, 0.25) is 0 Å². The number of fused-ring (bicyclic) bond motifs is 5. The van der Waals surface area contributed by atoms with Gasteiger partial charge in [-0.2, -0.15) is 0 Å². The number of aryl methyl sites for hydroxylation is 1. The summed E-state index contributed by atoms with van der Waals surface area (Å²) in [6.07, 6.45) is 0.0659. The lowest BCUT2D eigenvalue weighted by atomic mass is 9.86. The van der Waals surface area contributed by atoms with E-state index in [2.05, 4.69) is 4.90 Å². The van der Waals surface area contributed by atoms with Crippen LogP contribution >= 0.6 is 0 Å². The number of carbonyl (C=O) groups excluding carboxylic acids is 1. The van der Waals surface area contributed by atoms with E-state index in [4.69, 9.17) is 9.72 Å². The van der Waals surface area contributed by atoms with Crippen molar-refractivity contribution < 1.29 is 24.1 Å². The van der Waals surface area contributed by atoms with E-state index in [1.165, 1.54) is 6.07 Å². The minimum Gasteiger partial charge on any atom is -0.458 e. The maximum Gasteiger partial charge on any atom is 0.343 e. The quantitative estimate of drug-likeness (QED) is 0.431. The molecule has 3 aliphatic heterocycles. The number of likely N-dealkylation sites (tertiary alicyclic amines) is 1. The summed E-state index contributed by atoms with van der Waals surface area (Å²) in [5, 5.41) is 21.3. The Morgan fingerprint density at radius 1 is 1.23 bits per heavy atom. The highest BCUT2D eigenvalue weighted by molar-refractivity contribution is 5.89. The van der Waals surface area contributed by atoms with Gasteiger partial charge in [0.2, 0.25) is 0 Å². The van der Waals surface area contributed by atoms with Gasteiger partial charge in [0.1, 0.15) is 12.4 Å². The van der Waals surface area contributed by atoms with E-state index in [9.17, 15) is 24.2 Å². The van der Waals surface area contributed by atoms with Crippen LogP contribution in [0.1, 0.15) is 41.2 Å². The summed E-state index contributed by atoms with van der Waals surface area (Å²) in [7, 11) is 0. The summed E-state index contributed by atoms with van der Waals surface area (Å²) in [5.74, 6) is -0.883. The molecule has 5 heterocycles. The van der Waals surface area contributed by atoms with Gasteiger partial charge < -0.3 is 19.5 Å². The molecule has 1 atom stereocenters. The number of nitrogens with zero attached hydrogens (tertiary/aromatic N) is 3. The Balaban J connectivity index is 1.57. The van der Waals surface area contributed by atoms with Gasteiger partial charge in [0.15, 0.2) is 5.60 Å². The van der Waals surface area contributed by atoms with Crippen molar-refractivity contribution in [2.75, 3.05) is 19.7 Å². The van der Waals surface area contributed by atoms with E-state index in [-0.39, 0.29) is 48.1 Å². The third-order valence-corrected chi connectivity index (χ3v) is 7.76. The first-order valence-corrected chi connectivity index (χ1v) is 11.9. The molecule has 3 aliphatic rings. The molecule has 182 valence electrons. The Kier molecular flexibility index (Phi) is 4.90. The number of pyridine rings is 2. The maximum absolute atomic E-state index is 14.5. The van der Waals surface area contributed by atoms with Crippen LogP contribution in [-0.4, -0.2) is 50.3 Å². The fourth-order valence-electron chi connectivity index (χ4n) is 5.62. The number of aliphatic hydroxyl groups excluding tert-OH is 1. The molecule has 0 aliphatic carbocycles. The largest absolute Gasteiger partial charge is 0.458 e. The number of hydrogen-bond acceptors (Lipinski definition) is 7. The van der Waals surface area contributed by atoms with Gasteiger partial charge in [0, 0.05) is 54.7 Å². The molecular weight excluding hydrogens is 453 g/mol. The zero-order valence-electron chi connectivity index (χ0n) is 19.6. The van der Waals surface area contributed by atoms with Gasteiger partial charge in [0.05, 0.1) is 29.0 Å². The summed E-state index contributed by atoms with van der Waals surface area (Å²) in [6.45, 7) is 5.74. The molecule has 0 radical (unpaired) electrons. The maximum atomic E-state index is 14.5. The molecule has 8 nitrogen and oxygen atoms in total. The molecule has 0 unspecified atom stereocenters. The van der Waals surface area contributed by atoms with Gasteiger partial charge in [0.25, 0.3) is 5.56 Å². The number of aliphatic hydroxyl groups is 2. The van der Waals surface area contributed by atoms with E-state index in [1.54, 1.807) is 30.5 Å². The Morgan fingerprint density at radius 2 is 2.00 bits per heavy atom. The van der Waals surface area contributed by atoms with Crippen molar-refractivity contribution in [3.63, 3.8) is 0 Å². The number of esters is 1. The van der Waals surface area contributed by atoms with Crippen LogP contribution in [-0.2, 0) is 34.8 Å². The Morgan fingerprint density at radius 3 is 2.71 bits per heavy atom. The Labute approximate surface area is 200 Å². The monoisotopic (exact) mass is 479 g/mol. The first kappa shape index (κ1) is 22.3. The van der Waals surface area contributed by atoms with E-state index in [1.807, 2.05) is 0 Å². The van der Waals surface area contributed by atoms with Gasteiger partial charge in [-0.3, -0.25) is 9.69 Å². The Hall–Kier alpha value is -3.14. The van der Waals surface area contributed by atoms with Gasteiger partial charge in [-0.15, -0.1) is 0 Å². The summed E-state index contributed by atoms with van der Waals surface area (Å²) in [4.78, 5) is 32.9. The third kappa shape index (κ3) is 3.11. The van der Waals surface area contributed by atoms with Crippen LogP contribution in [0.4, 0.5) is 4.39 Å². The minimum absolute atomic E-state index is 0.0659. The number of aromatic nitrogens is 2. The molecule has 1 aromatic carbocycles. The molecule has 35 heavy (non-hydrogen) atoms. The van der Waals surface area contributed by atoms with Crippen molar-refractivity contribution in [3.8, 4) is 11.4 Å². The molecular formula is C26H26FN3O5.